The van der Waals surface area contributed by atoms with E-state index in [1.165, 1.54) is 12.4 Å². The standard InChI is InChI=1S/C12H12BrFN4O/c1-2-19-9-4-3-7(5-8(9)14)18-12-10(13)11(15)16-6-17-12/h3-6H,2H2,1H3,(H3,15,16,17,18). The van der Waals surface area contributed by atoms with Gasteiger partial charge in [-0.3, -0.25) is 0 Å². The van der Waals surface area contributed by atoms with E-state index in [4.69, 9.17) is 10.5 Å². The minimum Gasteiger partial charge on any atom is -0.491 e. The fraction of sp³-hybridized carbons (Fsp3) is 0.167. The van der Waals surface area contributed by atoms with E-state index in [1.54, 1.807) is 19.1 Å². The van der Waals surface area contributed by atoms with Crippen molar-refractivity contribution in [3.63, 3.8) is 0 Å². The number of nitrogens with one attached hydrogen (secondary N) is 1. The van der Waals surface area contributed by atoms with Crippen LogP contribution in [-0.2, 0) is 0 Å². The molecule has 3 N–H and O–H groups in total. The topological polar surface area (TPSA) is 73.1 Å². The molecule has 5 nitrogen and oxygen atoms in total. The summed E-state index contributed by atoms with van der Waals surface area (Å²) in [4.78, 5) is 7.84. The van der Waals surface area contributed by atoms with Crippen LogP contribution >= 0.6 is 15.9 Å². The van der Waals surface area contributed by atoms with E-state index in [2.05, 4.69) is 31.2 Å². The lowest BCUT2D eigenvalue weighted by atomic mass is 10.3. The van der Waals surface area contributed by atoms with Gasteiger partial charge in [-0.1, -0.05) is 0 Å². The molecule has 1 aromatic carbocycles. The molecule has 0 bridgehead atoms. The number of benzene rings is 1. The smallest absolute Gasteiger partial charge is 0.167 e. The lowest BCUT2D eigenvalue weighted by molar-refractivity contribution is 0.321. The summed E-state index contributed by atoms with van der Waals surface area (Å²) in [5.41, 5.74) is 6.18. The lowest BCUT2D eigenvalue weighted by Crippen LogP contribution is -2.01. The van der Waals surface area contributed by atoms with E-state index >= 15 is 0 Å². The highest BCUT2D eigenvalue weighted by atomic mass is 79.9. The number of nitrogens with two attached hydrogens (primary N) is 1. The Kier molecular flexibility index (Phi) is 4.16. The molecule has 0 saturated heterocycles. The molecule has 0 aliphatic carbocycles. The van der Waals surface area contributed by atoms with Gasteiger partial charge in [-0.25, -0.2) is 14.4 Å². The molecular weight excluding hydrogens is 315 g/mol. The zero-order valence-electron chi connectivity index (χ0n) is 10.2. The van der Waals surface area contributed by atoms with Gasteiger partial charge < -0.3 is 15.8 Å². The Morgan fingerprint density at radius 2 is 2.21 bits per heavy atom. The molecule has 0 fully saturated rings. The van der Waals surface area contributed by atoms with Crippen molar-refractivity contribution in [1.82, 2.24) is 9.97 Å². The van der Waals surface area contributed by atoms with E-state index in [9.17, 15) is 4.39 Å². The number of nitrogen functional groups attached to an aromatic ring is 1. The second kappa shape index (κ2) is 5.83. The fourth-order valence-corrected chi connectivity index (χ4v) is 1.76. The normalized spacial score (nSPS) is 10.3. The molecule has 0 aliphatic heterocycles. The molecule has 0 saturated carbocycles. The van der Waals surface area contributed by atoms with Crippen LogP contribution in [-0.4, -0.2) is 16.6 Å². The Bertz CT molecular complexity index is 594. The molecule has 100 valence electrons. The number of hydrogen-bond donors (Lipinski definition) is 2. The van der Waals surface area contributed by atoms with Crippen molar-refractivity contribution in [2.75, 3.05) is 17.7 Å². The monoisotopic (exact) mass is 326 g/mol. The molecule has 1 aromatic heterocycles. The van der Waals surface area contributed by atoms with Crippen LogP contribution in [0, 0.1) is 5.82 Å². The van der Waals surface area contributed by atoms with Gasteiger partial charge in [0.25, 0.3) is 0 Å². The van der Waals surface area contributed by atoms with Crippen LogP contribution in [0.15, 0.2) is 29.0 Å². The second-order valence-corrected chi connectivity index (χ2v) is 4.42. The first-order valence-corrected chi connectivity index (χ1v) is 6.36. The molecule has 0 unspecified atom stereocenters. The number of aromatic nitrogens is 2. The van der Waals surface area contributed by atoms with Crippen molar-refractivity contribution in [2.24, 2.45) is 0 Å². The highest BCUT2D eigenvalue weighted by Crippen LogP contribution is 2.28. The van der Waals surface area contributed by atoms with Crippen LogP contribution in [0.5, 0.6) is 5.75 Å². The summed E-state index contributed by atoms with van der Waals surface area (Å²) in [5, 5.41) is 2.95. The minimum absolute atomic E-state index is 0.217. The number of anilines is 3. The van der Waals surface area contributed by atoms with Crippen molar-refractivity contribution in [1.29, 1.82) is 0 Å². The predicted molar refractivity (Wildman–Crippen MR) is 75.0 cm³/mol. The van der Waals surface area contributed by atoms with Crippen molar-refractivity contribution < 1.29 is 9.13 Å². The van der Waals surface area contributed by atoms with Gasteiger partial charge in [-0.2, -0.15) is 0 Å². The molecule has 0 atom stereocenters. The molecule has 0 radical (unpaired) electrons. The van der Waals surface area contributed by atoms with Gasteiger partial charge in [0.15, 0.2) is 11.6 Å². The lowest BCUT2D eigenvalue weighted by Gasteiger charge is -2.10. The largest absolute Gasteiger partial charge is 0.491 e. The zero-order valence-corrected chi connectivity index (χ0v) is 11.7. The number of hydrogen-bond acceptors (Lipinski definition) is 5. The molecule has 19 heavy (non-hydrogen) atoms. The maximum Gasteiger partial charge on any atom is 0.167 e. The highest BCUT2D eigenvalue weighted by molar-refractivity contribution is 9.10. The molecule has 2 aromatic rings. The number of ether oxygens (including phenoxy) is 1. The third kappa shape index (κ3) is 3.11. The Hall–Kier alpha value is -1.89. The summed E-state index contributed by atoms with van der Waals surface area (Å²) in [7, 11) is 0. The summed E-state index contributed by atoms with van der Waals surface area (Å²) >= 11 is 3.26. The van der Waals surface area contributed by atoms with Gasteiger partial charge in [-0.15, -0.1) is 0 Å². The van der Waals surface area contributed by atoms with Gasteiger partial charge in [0, 0.05) is 11.8 Å². The van der Waals surface area contributed by atoms with Crippen LogP contribution in [0.3, 0.4) is 0 Å². The quantitative estimate of drug-likeness (QED) is 0.903. The van der Waals surface area contributed by atoms with Crippen LogP contribution in [0.25, 0.3) is 0 Å². The summed E-state index contributed by atoms with van der Waals surface area (Å²) in [6.07, 6.45) is 1.33. The SMILES string of the molecule is CCOc1ccc(Nc2ncnc(N)c2Br)cc1F. The Morgan fingerprint density at radius 1 is 1.42 bits per heavy atom. The molecule has 0 spiro atoms. The summed E-state index contributed by atoms with van der Waals surface area (Å²) in [6, 6.07) is 4.58. The Labute approximate surface area is 118 Å². The first-order valence-electron chi connectivity index (χ1n) is 5.57. The molecule has 0 aliphatic rings. The first-order chi connectivity index (χ1) is 9.11. The van der Waals surface area contributed by atoms with Crippen molar-refractivity contribution in [2.45, 2.75) is 6.92 Å². The van der Waals surface area contributed by atoms with Gasteiger partial charge in [-0.05, 0) is 35.0 Å². The number of rotatable bonds is 4. The maximum atomic E-state index is 13.7. The maximum absolute atomic E-state index is 13.7. The minimum atomic E-state index is -0.440. The average molecular weight is 327 g/mol. The summed E-state index contributed by atoms with van der Waals surface area (Å²) in [5.74, 6) is 0.555. The third-order valence-corrected chi connectivity index (χ3v) is 3.09. The predicted octanol–water partition coefficient (Wildman–Crippen LogP) is 3.10. The summed E-state index contributed by atoms with van der Waals surface area (Å²) in [6.45, 7) is 2.21. The molecule has 7 heteroatoms. The van der Waals surface area contributed by atoms with E-state index in [0.717, 1.165) is 0 Å². The van der Waals surface area contributed by atoms with Gasteiger partial charge in [0.05, 0.1) is 6.61 Å². The van der Waals surface area contributed by atoms with Gasteiger partial charge in [0.1, 0.15) is 22.4 Å². The zero-order chi connectivity index (χ0) is 13.8. The van der Waals surface area contributed by atoms with E-state index in [-0.39, 0.29) is 5.75 Å². The van der Waals surface area contributed by atoms with Crippen LogP contribution in [0.2, 0.25) is 0 Å². The Balaban J connectivity index is 2.24. The van der Waals surface area contributed by atoms with Crippen LogP contribution in [0.4, 0.5) is 21.7 Å². The van der Waals surface area contributed by atoms with Crippen LogP contribution in [0.1, 0.15) is 6.92 Å². The highest BCUT2D eigenvalue weighted by Gasteiger charge is 2.08. The molecular formula is C12H12BrFN4O. The Morgan fingerprint density at radius 3 is 2.89 bits per heavy atom. The first kappa shape index (κ1) is 13.5. The summed E-state index contributed by atoms with van der Waals surface area (Å²) < 4.78 is 19.3. The van der Waals surface area contributed by atoms with E-state index in [0.29, 0.717) is 28.4 Å². The molecule has 1 heterocycles. The average Bonchev–Trinajstić information content (AvgIpc) is 2.38. The van der Waals surface area contributed by atoms with Gasteiger partial charge in [0.2, 0.25) is 0 Å². The van der Waals surface area contributed by atoms with Crippen molar-refractivity contribution in [3.8, 4) is 5.75 Å². The third-order valence-electron chi connectivity index (χ3n) is 2.31. The van der Waals surface area contributed by atoms with E-state index < -0.39 is 5.82 Å². The molecule has 2 rings (SSSR count). The van der Waals surface area contributed by atoms with Crippen LogP contribution < -0.4 is 15.8 Å². The van der Waals surface area contributed by atoms with Gasteiger partial charge >= 0.3 is 0 Å². The number of nitrogens with zero attached hydrogens (tertiary/aromatic N) is 2. The second-order valence-electron chi connectivity index (χ2n) is 3.62. The van der Waals surface area contributed by atoms with E-state index in [1.807, 2.05) is 0 Å². The molecule has 0 amide bonds. The number of halogens is 2. The van der Waals surface area contributed by atoms with Crippen molar-refractivity contribution in [3.05, 3.63) is 34.8 Å². The van der Waals surface area contributed by atoms with Crippen molar-refractivity contribution >= 4 is 33.3 Å². The fourth-order valence-electron chi connectivity index (χ4n) is 1.46.